The number of nitrogens with zero attached hydrogens (tertiary/aromatic N) is 2. The highest BCUT2D eigenvalue weighted by atomic mass is 15.2. The molecule has 0 bridgehead atoms. The third kappa shape index (κ3) is 1.46. The van der Waals surface area contributed by atoms with E-state index in [2.05, 4.69) is 35.1 Å². The molecule has 1 aliphatic heterocycles. The van der Waals surface area contributed by atoms with Crippen molar-refractivity contribution in [1.82, 2.24) is 4.98 Å². The van der Waals surface area contributed by atoms with Crippen molar-refractivity contribution in [3.8, 4) is 0 Å². The molecule has 70 valence electrons. The van der Waals surface area contributed by atoms with Gasteiger partial charge in [-0.2, -0.15) is 0 Å². The monoisotopic (exact) mass is 177 g/mol. The Hall–Kier alpha value is -1.25. The Bertz CT molecular complexity index is 309. The lowest BCUT2D eigenvalue weighted by atomic mass is 10.2. The fraction of sp³-hybridized carbons (Fsp3) is 0.500. The predicted molar refractivity (Wildman–Crippen MR) is 55.4 cm³/mol. The van der Waals surface area contributed by atoms with Crippen LogP contribution < -0.4 is 10.2 Å². The maximum atomic E-state index is 4.43. The van der Waals surface area contributed by atoms with E-state index in [0.29, 0.717) is 0 Å². The van der Waals surface area contributed by atoms with Crippen LogP contribution in [0.3, 0.4) is 0 Å². The molecule has 0 amide bonds. The van der Waals surface area contributed by atoms with Crippen LogP contribution in [0, 0.1) is 6.92 Å². The lowest BCUT2D eigenvalue weighted by Crippen LogP contribution is -2.34. The zero-order valence-electron chi connectivity index (χ0n) is 8.17. The molecule has 13 heavy (non-hydrogen) atoms. The summed E-state index contributed by atoms with van der Waals surface area (Å²) >= 11 is 0. The lowest BCUT2D eigenvalue weighted by molar-refractivity contribution is 0.796. The molecule has 2 rings (SSSR count). The summed E-state index contributed by atoms with van der Waals surface area (Å²) in [6.07, 6.45) is 1.93. The third-order valence-electron chi connectivity index (χ3n) is 2.38. The smallest absolute Gasteiger partial charge is 0.152 e. The van der Waals surface area contributed by atoms with Gasteiger partial charge in [0.2, 0.25) is 0 Å². The molecule has 0 spiro atoms. The number of hydrogen-bond acceptors (Lipinski definition) is 3. The molecule has 2 heterocycles. The Balaban J connectivity index is 2.40. The number of aryl methyl sites for hydroxylation is 1. The van der Waals surface area contributed by atoms with Crippen LogP contribution in [0.5, 0.6) is 0 Å². The van der Waals surface area contributed by atoms with E-state index in [1.807, 2.05) is 6.20 Å². The molecule has 1 aromatic heterocycles. The van der Waals surface area contributed by atoms with Gasteiger partial charge in [0.15, 0.2) is 5.82 Å². The number of pyridine rings is 1. The number of fused-ring (bicyclic) bond motifs is 1. The summed E-state index contributed by atoms with van der Waals surface area (Å²) in [6.45, 7) is 7.34. The number of nitrogens with one attached hydrogen (secondary N) is 1. The molecule has 0 aromatic carbocycles. The van der Waals surface area contributed by atoms with Crippen LogP contribution in [0.2, 0.25) is 0 Å². The summed E-state index contributed by atoms with van der Waals surface area (Å²) in [5.74, 6) is 1.10. The molecule has 0 saturated carbocycles. The first-order valence-electron chi connectivity index (χ1n) is 4.76. The Morgan fingerprint density at radius 1 is 1.62 bits per heavy atom. The molecule has 1 N–H and O–H groups in total. The van der Waals surface area contributed by atoms with Crippen molar-refractivity contribution in [2.24, 2.45) is 0 Å². The normalized spacial score (nSPS) is 15.1. The molecule has 0 radical (unpaired) electrons. The van der Waals surface area contributed by atoms with E-state index in [9.17, 15) is 0 Å². The Kier molecular flexibility index (Phi) is 2.08. The molecular weight excluding hydrogens is 162 g/mol. The third-order valence-corrected chi connectivity index (χ3v) is 2.38. The molecular formula is C10H15N3. The zero-order valence-corrected chi connectivity index (χ0v) is 8.17. The zero-order chi connectivity index (χ0) is 9.26. The van der Waals surface area contributed by atoms with Gasteiger partial charge in [-0.15, -0.1) is 0 Å². The van der Waals surface area contributed by atoms with Crippen LogP contribution in [0.25, 0.3) is 0 Å². The molecule has 0 saturated heterocycles. The minimum Gasteiger partial charge on any atom is -0.380 e. The average Bonchev–Trinajstić information content (AvgIpc) is 2.16. The fourth-order valence-electron chi connectivity index (χ4n) is 1.68. The van der Waals surface area contributed by atoms with Crippen LogP contribution in [0.15, 0.2) is 12.3 Å². The van der Waals surface area contributed by atoms with Crippen LogP contribution in [-0.2, 0) is 0 Å². The Labute approximate surface area is 78.8 Å². The molecule has 3 heteroatoms. The predicted octanol–water partition coefficient (Wildman–Crippen LogP) is 1.64. The number of likely N-dealkylation sites (N-methyl/N-ethyl adjacent to an activating group) is 1. The summed E-state index contributed by atoms with van der Waals surface area (Å²) in [6, 6.07) is 2.16. The summed E-state index contributed by atoms with van der Waals surface area (Å²) in [5, 5.41) is 3.36. The second kappa shape index (κ2) is 3.24. The van der Waals surface area contributed by atoms with E-state index in [-0.39, 0.29) is 0 Å². The van der Waals surface area contributed by atoms with Gasteiger partial charge in [0.05, 0.1) is 5.69 Å². The number of hydrogen-bond donors (Lipinski definition) is 1. The molecule has 1 aliphatic rings. The largest absolute Gasteiger partial charge is 0.380 e. The first kappa shape index (κ1) is 8.35. The molecule has 0 atom stereocenters. The van der Waals surface area contributed by atoms with E-state index in [1.54, 1.807) is 0 Å². The summed E-state index contributed by atoms with van der Waals surface area (Å²) in [4.78, 5) is 6.73. The minimum absolute atomic E-state index is 1.02. The van der Waals surface area contributed by atoms with Gasteiger partial charge in [0.1, 0.15) is 0 Å². The van der Waals surface area contributed by atoms with E-state index >= 15 is 0 Å². The van der Waals surface area contributed by atoms with Gasteiger partial charge in [-0.1, -0.05) is 0 Å². The maximum absolute atomic E-state index is 4.43. The molecule has 0 fully saturated rings. The van der Waals surface area contributed by atoms with E-state index in [4.69, 9.17) is 0 Å². The minimum atomic E-state index is 1.02. The molecule has 0 aliphatic carbocycles. The fourth-order valence-corrected chi connectivity index (χ4v) is 1.68. The number of anilines is 2. The highest BCUT2D eigenvalue weighted by Crippen LogP contribution is 2.26. The number of rotatable bonds is 1. The van der Waals surface area contributed by atoms with Crippen molar-refractivity contribution in [3.63, 3.8) is 0 Å². The highest BCUT2D eigenvalue weighted by molar-refractivity contribution is 5.68. The first-order valence-corrected chi connectivity index (χ1v) is 4.76. The second-order valence-corrected chi connectivity index (χ2v) is 3.39. The van der Waals surface area contributed by atoms with Crippen molar-refractivity contribution < 1.29 is 0 Å². The van der Waals surface area contributed by atoms with Gasteiger partial charge in [-0.05, 0) is 25.5 Å². The van der Waals surface area contributed by atoms with Crippen LogP contribution in [0.1, 0.15) is 12.5 Å². The summed E-state index contributed by atoms with van der Waals surface area (Å²) in [7, 11) is 0. The van der Waals surface area contributed by atoms with Crippen molar-refractivity contribution in [1.29, 1.82) is 0 Å². The summed E-state index contributed by atoms with van der Waals surface area (Å²) < 4.78 is 0. The molecule has 0 unspecified atom stereocenters. The quantitative estimate of drug-likeness (QED) is 0.707. The van der Waals surface area contributed by atoms with Gasteiger partial charge >= 0.3 is 0 Å². The van der Waals surface area contributed by atoms with Crippen molar-refractivity contribution >= 4 is 11.5 Å². The molecule has 1 aromatic rings. The highest BCUT2D eigenvalue weighted by Gasteiger charge is 2.15. The van der Waals surface area contributed by atoms with Gasteiger partial charge < -0.3 is 10.2 Å². The van der Waals surface area contributed by atoms with Crippen LogP contribution in [-0.4, -0.2) is 24.6 Å². The van der Waals surface area contributed by atoms with Crippen LogP contribution in [0.4, 0.5) is 11.5 Å². The number of aromatic nitrogens is 1. The SMILES string of the molecule is CCN1CCNc2cc(C)cnc21. The van der Waals surface area contributed by atoms with Gasteiger partial charge in [-0.25, -0.2) is 4.98 Å². The van der Waals surface area contributed by atoms with Crippen molar-refractivity contribution in [2.45, 2.75) is 13.8 Å². The van der Waals surface area contributed by atoms with E-state index in [0.717, 1.165) is 25.5 Å². The van der Waals surface area contributed by atoms with E-state index < -0.39 is 0 Å². The Morgan fingerprint density at radius 2 is 2.46 bits per heavy atom. The molecule has 3 nitrogen and oxygen atoms in total. The van der Waals surface area contributed by atoms with Crippen LogP contribution >= 0.6 is 0 Å². The standard InChI is InChI=1S/C10H15N3/c1-3-13-5-4-11-9-6-8(2)7-12-10(9)13/h6-7,11H,3-5H2,1-2H3. The average molecular weight is 177 g/mol. The topological polar surface area (TPSA) is 28.2 Å². The second-order valence-electron chi connectivity index (χ2n) is 3.39. The maximum Gasteiger partial charge on any atom is 0.152 e. The lowest BCUT2D eigenvalue weighted by Gasteiger charge is -2.29. The first-order chi connectivity index (χ1) is 6.31. The van der Waals surface area contributed by atoms with Gasteiger partial charge in [-0.3, -0.25) is 0 Å². The van der Waals surface area contributed by atoms with Crippen molar-refractivity contribution in [2.75, 3.05) is 29.9 Å². The van der Waals surface area contributed by atoms with E-state index in [1.165, 1.54) is 11.3 Å². The van der Waals surface area contributed by atoms with Gasteiger partial charge in [0.25, 0.3) is 0 Å². The van der Waals surface area contributed by atoms with Gasteiger partial charge in [0, 0.05) is 25.8 Å². The van der Waals surface area contributed by atoms with Crippen molar-refractivity contribution in [3.05, 3.63) is 17.8 Å². The summed E-state index contributed by atoms with van der Waals surface area (Å²) in [5.41, 5.74) is 2.39. The Morgan fingerprint density at radius 3 is 3.23 bits per heavy atom.